The second kappa shape index (κ2) is 8.28. The lowest BCUT2D eigenvalue weighted by Crippen LogP contribution is -2.34. The van der Waals surface area contributed by atoms with Crippen LogP contribution in [0.3, 0.4) is 0 Å². The molecule has 0 bridgehead atoms. The molecule has 1 aromatic carbocycles. The van der Waals surface area contributed by atoms with E-state index in [0.29, 0.717) is 5.92 Å². The van der Waals surface area contributed by atoms with E-state index in [2.05, 4.69) is 25.1 Å². The highest BCUT2D eigenvalue weighted by molar-refractivity contribution is 5.34. The predicted octanol–water partition coefficient (Wildman–Crippen LogP) is 7.06. The highest BCUT2D eigenvalue weighted by atomic mass is 19.1. The SMILES string of the molecule is CCCc1ccc2c(c1)CCC(C1CCC3CC(C=CF)CCC3C1)C2. The van der Waals surface area contributed by atoms with Gasteiger partial charge in [-0.05, 0) is 110 Å². The molecule has 5 atom stereocenters. The van der Waals surface area contributed by atoms with Crippen molar-refractivity contribution < 1.29 is 4.39 Å². The molecule has 2 fully saturated rings. The van der Waals surface area contributed by atoms with Gasteiger partial charge >= 0.3 is 0 Å². The third kappa shape index (κ3) is 3.92. The first-order valence-corrected chi connectivity index (χ1v) is 11.1. The molecule has 0 amide bonds. The van der Waals surface area contributed by atoms with Crippen molar-refractivity contribution in [1.29, 1.82) is 0 Å². The van der Waals surface area contributed by atoms with E-state index in [4.69, 9.17) is 0 Å². The van der Waals surface area contributed by atoms with Crippen LogP contribution in [0.4, 0.5) is 4.39 Å². The minimum absolute atomic E-state index is 0.511. The van der Waals surface area contributed by atoms with Gasteiger partial charge in [-0.25, -0.2) is 4.39 Å². The van der Waals surface area contributed by atoms with Crippen LogP contribution in [0, 0.1) is 29.6 Å². The summed E-state index contributed by atoms with van der Waals surface area (Å²) in [5, 5.41) is 0. The van der Waals surface area contributed by atoms with E-state index in [9.17, 15) is 4.39 Å². The third-order valence-electron chi connectivity index (χ3n) is 7.78. The highest BCUT2D eigenvalue weighted by Gasteiger charge is 2.38. The molecule has 26 heavy (non-hydrogen) atoms. The molecule has 0 nitrogen and oxygen atoms in total. The first-order chi connectivity index (χ1) is 12.8. The van der Waals surface area contributed by atoms with Gasteiger partial charge in [-0.15, -0.1) is 0 Å². The van der Waals surface area contributed by atoms with Crippen LogP contribution in [0.25, 0.3) is 0 Å². The maximum atomic E-state index is 12.5. The molecule has 0 saturated heterocycles. The second-order valence-corrected chi connectivity index (χ2v) is 9.34. The van der Waals surface area contributed by atoms with Crippen LogP contribution in [0.2, 0.25) is 0 Å². The summed E-state index contributed by atoms with van der Waals surface area (Å²) in [4.78, 5) is 0. The smallest absolute Gasteiger partial charge is 0.0829 e. The van der Waals surface area contributed by atoms with Gasteiger partial charge in [0.25, 0.3) is 0 Å². The molecule has 2 saturated carbocycles. The number of allylic oxidation sites excluding steroid dienone is 1. The number of benzene rings is 1. The van der Waals surface area contributed by atoms with Crippen molar-refractivity contribution in [2.45, 2.75) is 77.6 Å². The quantitative estimate of drug-likeness (QED) is 0.543. The lowest BCUT2D eigenvalue weighted by molar-refractivity contribution is 0.0809. The summed E-state index contributed by atoms with van der Waals surface area (Å²) < 4.78 is 12.5. The fourth-order valence-electron chi connectivity index (χ4n) is 6.35. The van der Waals surface area contributed by atoms with Gasteiger partial charge in [-0.3, -0.25) is 0 Å². The fourth-order valence-corrected chi connectivity index (χ4v) is 6.35. The van der Waals surface area contributed by atoms with Crippen molar-refractivity contribution >= 4 is 0 Å². The molecule has 1 aromatic rings. The lowest BCUT2D eigenvalue weighted by atomic mass is 9.61. The van der Waals surface area contributed by atoms with Crippen LogP contribution in [0.5, 0.6) is 0 Å². The van der Waals surface area contributed by atoms with Crippen LogP contribution in [0.1, 0.15) is 75.0 Å². The summed E-state index contributed by atoms with van der Waals surface area (Å²) in [7, 11) is 0. The summed E-state index contributed by atoms with van der Waals surface area (Å²) >= 11 is 0. The van der Waals surface area contributed by atoms with Crippen LogP contribution in [-0.2, 0) is 19.3 Å². The number of hydrogen-bond acceptors (Lipinski definition) is 0. The largest absolute Gasteiger partial charge is 0.216 e. The Morgan fingerprint density at radius 2 is 1.69 bits per heavy atom. The van der Waals surface area contributed by atoms with Gasteiger partial charge in [0.2, 0.25) is 0 Å². The standard InChI is InChI=1S/C25H35F/c1-2-3-18-4-6-22-16-24(10-8-20(22)14-18)25-11-9-21-15-19(12-13-26)5-7-23(21)17-25/h4,6,12-14,19,21,23-25H,2-3,5,7-11,15-17H2,1H3. The summed E-state index contributed by atoms with van der Waals surface area (Å²) in [6.07, 6.45) is 17.1. The molecule has 0 aromatic heterocycles. The average molecular weight is 355 g/mol. The summed E-state index contributed by atoms with van der Waals surface area (Å²) in [6.45, 7) is 2.27. The Morgan fingerprint density at radius 1 is 0.923 bits per heavy atom. The molecule has 142 valence electrons. The molecule has 3 aliphatic carbocycles. The first kappa shape index (κ1) is 18.3. The van der Waals surface area contributed by atoms with Crippen molar-refractivity contribution in [2.24, 2.45) is 29.6 Å². The molecule has 0 aliphatic heterocycles. The second-order valence-electron chi connectivity index (χ2n) is 9.34. The van der Waals surface area contributed by atoms with E-state index < -0.39 is 0 Å². The minimum Gasteiger partial charge on any atom is -0.216 e. The number of hydrogen-bond donors (Lipinski definition) is 0. The van der Waals surface area contributed by atoms with Crippen LogP contribution >= 0.6 is 0 Å². The molecule has 4 rings (SSSR count). The zero-order chi connectivity index (χ0) is 17.9. The van der Waals surface area contributed by atoms with E-state index in [1.165, 1.54) is 76.2 Å². The fraction of sp³-hybridized carbons (Fsp3) is 0.680. The molecular formula is C25H35F. The number of rotatable bonds is 4. The van der Waals surface area contributed by atoms with Gasteiger partial charge in [0.15, 0.2) is 0 Å². The van der Waals surface area contributed by atoms with E-state index in [0.717, 1.165) is 30.0 Å². The topological polar surface area (TPSA) is 0 Å². The van der Waals surface area contributed by atoms with Crippen molar-refractivity contribution in [3.8, 4) is 0 Å². The Hall–Kier alpha value is -1.11. The van der Waals surface area contributed by atoms with E-state index in [1.807, 2.05) is 6.08 Å². The van der Waals surface area contributed by atoms with Crippen LogP contribution in [0.15, 0.2) is 30.6 Å². The van der Waals surface area contributed by atoms with Gasteiger partial charge in [-0.2, -0.15) is 0 Å². The summed E-state index contributed by atoms with van der Waals surface area (Å²) in [5.41, 5.74) is 4.81. The number of aryl methyl sites for hydroxylation is 2. The Kier molecular flexibility index (Phi) is 5.81. The molecule has 3 aliphatic rings. The first-order valence-electron chi connectivity index (χ1n) is 11.1. The minimum atomic E-state index is 0.511. The highest BCUT2D eigenvalue weighted by Crippen LogP contribution is 2.48. The zero-order valence-corrected chi connectivity index (χ0v) is 16.4. The van der Waals surface area contributed by atoms with Crippen molar-refractivity contribution in [3.05, 3.63) is 47.3 Å². The van der Waals surface area contributed by atoms with Crippen LogP contribution < -0.4 is 0 Å². The molecular weight excluding hydrogens is 319 g/mol. The monoisotopic (exact) mass is 354 g/mol. The molecule has 5 unspecified atom stereocenters. The Morgan fingerprint density at radius 3 is 2.50 bits per heavy atom. The summed E-state index contributed by atoms with van der Waals surface area (Å²) in [5.74, 6) is 4.15. The van der Waals surface area contributed by atoms with Crippen molar-refractivity contribution in [1.82, 2.24) is 0 Å². The Bertz CT molecular complexity index is 631. The molecule has 0 heterocycles. The van der Waals surface area contributed by atoms with Gasteiger partial charge < -0.3 is 0 Å². The molecule has 0 N–H and O–H groups in total. The van der Waals surface area contributed by atoms with Gasteiger partial charge in [0, 0.05) is 0 Å². The average Bonchev–Trinajstić information content (AvgIpc) is 2.68. The van der Waals surface area contributed by atoms with Gasteiger partial charge in [0.1, 0.15) is 0 Å². The maximum absolute atomic E-state index is 12.5. The third-order valence-corrected chi connectivity index (χ3v) is 7.78. The molecule has 0 spiro atoms. The Balaban J connectivity index is 1.36. The van der Waals surface area contributed by atoms with Crippen LogP contribution in [-0.4, -0.2) is 0 Å². The molecule has 1 heteroatoms. The van der Waals surface area contributed by atoms with E-state index in [1.54, 1.807) is 11.1 Å². The maximum Gasteiger partial charge on any atom is 0.0829 e. The van der Waals surface area contributed by atoms with Gasteiger partial charge in [-0.1, -0.05) is 37.6 Å². The van der Waals surface area contributed by atoms with Crippen molar-refractivity contribution in [3.63, 3.8) is 0 Å². The van der Waals surface area contributed by atoms with E-state index >= 15 is 0 Å². The van der Waals surface area contributed by atoms with E-state index in [-0.39, 0.29) is 0 Å². The normalized spacial score (nSPS) is 34.5. The number of fused-ring (bicyclic) bond motifs is 2. The van der Waals surface area contributed by atoms with Crippen molar-refractivity contribution in [2.75, 3.05) is 0 Å². The predicted molar refractivity (Wildman–Crippen MR) is 108 cm³/mol. The van der Waals surface area contributed by atoms with Gasteiger partial charge in [0.05, 0.1) is 6.33 Å². The molecule has 0 radical (unpaired) electrons. The number of halogens is 1. The lowest BCUT2D eigenvalue weighted by Gasteiger charge is -2.44. The zero-order valence-electron chi connectivity index (χ0n) is 16.4. The Labute approximate surface area is 159 Å². The summed E-state index contributed by atoms with van der Waals surface area (Å²) in [6, 6.07) is 7.31.